The van der Waals surface area contributed by atoms with E-state index in [0.29, 0.717) is 13.0 Å². The third-order valence-corrected chi connectivity index (χ3v) is 4.37. The zero-order valence-electron chi connectivity index (χ0n) is 16.4. The van der Waals surface area contributed by atoms with Crippen molar-refractivity contribution in [3.63, 3.8) is 0 Å². The van der Waals surface area contributed by atoms with Crippen LogP contribution in [0.25, 0.3) is 0 Å². The molecule has 2 N–H and O–H groups in total. The number of carbonyl (C=O) groups excluding carboxylic acids is 3. The van der Waals surface area contributed by atoms with E-state index >= 15 is 0 Å². The van der Waals surface area contributed by atoms with Gasteiger partial charge in [-0.1, -0.05) is 20.8 Å². The van der Waals surface area contributed by atoms with Crippen molar-refractivity contribution in [2.75, 3.05) is 13.6 Å². The topological polar surface area (TPSA) is 78.5 Å². The molecule has 6 nitrogen and oxygen atoms in total. The fraction of sp³-hybridized carbons (Fsp3) is 0.833. The van der Waals surface area contributed by atoms with Gasteiger partial charge in [0, 0.05) is 32.5 Å². The van der Waals surface area contributed by atoms with Crippen LogP contribution < -0.4 is 10.6 Å². The fourth-order valence-electron chi connectivity index (χ4n) is 2.12. The van der Waals surface area contributed by atoms with Gasteiger partial charge in [-0.2, -0.15) is 0 Å². The van der Waals surface area contributed by atoms with Crippen LogP contribution in [0, 0.1) is 5.92 Å². The summed E-state index contributed by atoms with van der Waals surface area (Å²) in [5.41, 5.74) is -0.931. The molecule has 140 valence electrons. The lowest BCUT2D eigenvalue weighted by Gasteiger charge is -2.32. The lowest BCUT2D eigenvalue weighted by atomic mass is 9.92. The van der Waals surface area contributed by atoms with Crippen LogP contribution in [0.4, 0.5) is 0 Å². The molecule has 0 saturated heterocycles. The maximum Gasteiger partial charge on any atom is 0.245 e. The van der Waals surface area contributed by atoms with E-state index in [-0.39, 0.29) is 29.7 Å². The number of carbonyl (C=O) groups is 3. The molecule has 0 aliphatic heterocycles. The number of rotatable bonds is 10. The van der Waals surface area contributed by atoms with E-state index in [1.165, 1.54) is 6.92 Å². The van der Waals surface area contributed by atoms with Crippen molar-refractivity contribution in [1.82, 2.24) is 15.5 Å². The summed E-state index contributed by atoms with van der Waals surface area (Å²) in [6.07, 6.45) is 2.92. The minimum atomic E-state index is -0.931. The highest BCUT2D eigenvalue weighted by Crippen LogP contribution is 2.16. The summed E-state index contributed by atoms with van der Waals surface area (Å²) in [6, 6.07) is 0.0663. The van der Waals surface area contributed by atoms with Crippen LogP contribution in [-0.4, -0.2) is 47.8 Å². The molecule has 0 aromatic heterocycles. The van der Waals surface area contributed by atoms with E-state index in [4.69, 9.17) is 0 Å². The fourth-order valence-corrected chi connectivity index (χ4v) is 2.12. The molecule has 0 aromatic carbocycles. The van der Waals surface area contributed by atoms with E-state index in [0.717, 1.165) is 19.3 Å². The van der Waals surface area contributed by atoms with Crippen molar-refractivity contribution in [3.8, 4) is 0 Å². The van der Waals surface area contributed by atoms with E-state index in [2.05, 4.69) is 10.6 Å². The van der Waals surface area contributed by atoms with Gasteiger partial charge in [0.05, 0.1) is 0 Å². The maximum absolute atomic E-state index is 12.6. The molecule has 0 heterocycles. The first-order valence-electron chi connectivity index (χ1n) is 8.88. The largest absolute Gasteiger partial charge is 0.352 e. The quantitative estimate of drug-likeness (QED) is 0.597. The van der Waals surface area contributed by atoms with Gasteiger partial charge in [0.1, 0.15) is 5.54 Å². The van der Waals surface area contributed by atoms with Crippen LogP contribution >= 0.6 is 0 Å². The summed E-state index contributed by atoms with van der Waals surface area (Å²) < 4.78 is 0. The van der Waals surface area contributed by atoms with Crippen LogP contribution in [0.2, 0.25) is 0 Å². The molecule has 0 radical (unpaired) electrons. The summed E-state index contributed by atoms with van der Waals surface area (Å²) in [5, 5.41) is 5.87. The van der Waals surface area contributed by atoms with Crippen LogP contribution in [0.1, 0.15) is 67.2 Å². The molecule has 3 amide bonds. The molecule has 0 aromatic rings. The Bertz CT molecular complexity index is 437. The zero-order valence-corrected chi connectivity index (χ0v) is 16.4. The Morgan fingerprint density at radius 3 is 2.17 bits per heavy atom. The average molecular weight is 341 g/mol. The Morgan fingerprint density at radius 2 is 1.71 bits per heavy atom. The van der Waals surface area contributed by atoms with Crippen molar-refractivity contribution in [1.29, 1.82) is 0 Å². The Balaban J connectivity index is 4.82. The normalized spacial score (nSPS) is 14.7. The van der Waals surface area contributed by atoms with Gasteiger partial charge in [-0.05, 0) is 39.5 Å². The second-order valence-corrected chi connectivity index (χ2v) is 7.16. The monoisotopic (exact) mass is 341 g/mol. The lowest BCUT2D eigenvalue weighted by Crippen LogP contribution is -2.58. The van der Waals surface area contributed by atoms with Crippen molar-refractivity contribution in [2.45, 2.75) is 78.8 Å². The third kappa shape index (κ3) is 7.79. The Labute approximate surface area is 146 Å². The standard InChI is InChI=1S/C18H35N3O3/c1-8-14(4)19-17(24)18(6,20-16(23)13(2)3)11-9-10-12-21(7)15(5)22/h13-14H,8-12H2,1-7H3,(H,19,24)(H,20,23)/t14-,18-/m1/s1. The van der Waals surface area contributed by atoms with Crippen LogP contribution in [-0.2, 0) is 14.4 Å². The molecule has 0 unspecified atom stereocenters. The van der Waals surface area contributed by atoms with Gasteiger partial charge in [-0.15, -0.1) is 0 Å². The summed E-state index contributed by atoms with van der Waals surface area (Å²) in [7, 11) is 1.76. The first-order chi connectivity index (χ1) is 11.0. The molecular weight excluding hydrogens is 306 g/mol. The summed E-state index contributed by atoms with van der Waals surface area (Å²) in [6.45, 7) is 11.5. The second kappa shape index (κ2) is 10.3. The number of hydrogen-bond acceptors (Lipinski definition) is 3. The van der Waals surface area contributed by atoms with Crippen LogP contribution in [0.15, 0.2) is 0 Å². The number of nitrogens with one attached hydrogen (secondary N) is 2. The summed E-state index contributed by atoms with van der Waals surface area (Å²) >= 11 is 0. The molecule has 0 fully saturated rings. The predicted molar refractivity (Wildman–Crippen MR) is 96.4 cm³/mol. The molecule has 2 atom stereocenters. The number of unbranched alkanes of at least 4 members (excludes halogenated alkanes) is 1. The van der Waals surface area contributed by atoms with E-state index < -0.39 is 5.54 Å². The van der Waals surface area contributed by atoms with Gasteiger partial charge in [0.25, 0.3) is 0 Å². The third-order valence-electron chi connectivity index (χ3n) is 4.37. The van der Waals surface area contributed by atoms with E-state index in [9.17, 15) is 14.4 Å². The number of hydrogen-bond donors (Lipinski definition) is 2. The average Bonchev–Trinajstić information content (AvgIpc) is 2.50. The van der Waals surface area contributed by atoms with Gasteiger partial charge >= 0.3 is 0 Å². The van der Waals surface area contributed by atoms with Gasteiger partial charge in [0.15, 0.2) is 0 Å². The van der Waals surface area contributed by atoms with Crippen LogP contribution in [0.3, 0.4) is 0 Å². The first kappa shape index (κ1) is 22.4. The molecule has 24 heavy (non-hydrogen) atoms. The smallest absolute Gasteiger partial charge is 0.245 e. The highest BCUT2D eigenvalue weighted by Gasteiger charge is 2.35. The van der Waals surface area contributed by atoms with Crippen molar-refractivity contribution in [2.24, 2.45) is 5.92 Å². The molecule has 0 saturated carbocycles. The highest BCUT2D eigenvalue weighted by molar-refractivity contribution is 5.91. The molecule has 0 aliphatic carbocycles. The SMILES string of the molecule is CC[C@@H](C)NC(=O)[C@@](C)(CCCCN(C)C(C)=O)NC(=O)C(C)C. The van der Waals surface area contributed by atoms with Crippen molar-refractivity contribution in [3.05, 3.63) is 0 Å². The minimum Gasteiger partial charge on any atom is -0.352 e. The van der Waals surface area contributed by atoms with Gasteiger partial charge in [0.2, 0.25) is 17.7 Å². The van der Waals surface area contributed by atoms with Gasteiger partial charge in [-0.3, -0.25) is 14.4 Å². The minimum absolute atomic E-state index is 0.0281. The van der Waals surface area contributed by atoms with E-state index in [1.807, 2.05) is 27.7 Å². The summed E-state index contributed by atoms with van der Waals surface area (Å²) in [5.74, 6) is -0.423. The number of nitrogens with zero attached hydrogens (tertiary/aromatic N) is 1. The van der Waals surface area contributed by atoms with Gasteiger partial charge < -0.3 is 15.5 Å². The predicted octanol–water partition coefficient (Wildman–Crippen LogP) is 2.08. The molecule has 0 rings (SSSR count). The number of amides is 3. The molecule has 0 bridgehead atoms. The molecule has 0 aliphatic rings. The maximum atomic E-state index is 12.6. The van der Waals surface area contributed by atoms with Crippen molar-refractivity contribution < 1.29 is 14.4 Å². The van der Waals surface area contributed by atoms with Crippen LogP contribution in [0.5, 0.6) is 0 Å². The Kier molecular flexibility index (Phi) is 9.63. The summed E-state index contributed by atoms with van der Waals surface area (Å²) in [4.78, 5) is 37.6. The first-order valence-corrected chi connectivity index (χ1v) is 8.88. The zero-order chi connectivity index (χ0) is 18.9. The molecule has 6 heteroatoms. The van der Waals surface area contributed by atoms with E-state index in [1.54, 1.807) is 18.9 Å². The Morgan fingerprint density at radius 1 is 1.12 bits per heavy atom. The molecule has 0 spiro atoms. The lowest BCUT2D eigenvalue weighted by molar-refractivity contribution is -0.135. The van der Waals surface area contributed by atoms with Gasteiger partial charge in [-0.25, -0.2) is 0 Å². The van der Waals surface area contributed by atoms with Crippen molar-refractivity contribution >= 4 is 17.7 Å². The highest BCUT2D eigenvalue weighted by atomic mass is 16.2. The second-order valence-electron chi connectivity index (χ2n) is 7.16. The Hall–Kier alpha value is -1.59. The molecular formula is C18H35N3O3.